The van der Waals surface area contributed by atoms with Gasteiger partial charge in [0.15, 0.2) is 0 Å². The second-order valence-corrected chi connectivity index (χ2v) is 4.26. The van der Waals surface area contributed by atoms with Crippen molar-refractivity contribution in [1.29, 1.82) is 0 Å². The third-order valence-corrected chi connectivity index (χ3v) is 3.12. The maximum atomic E-state index is 5.42. The molecule has 0 spiro atoms. The molecular formula is C12H25N7. The summed E-state index contributed by atoms with van der Waals surface area (Å²) in [6, 6.07) is 0.359. The standard InChI is InChI=1S/C12H25N7/c1-5-9(6-2)14-10-15-11(18-13)17-12(16-10)19(7-3)8-4/h9H,5-8,13H2,1-4H3,(H2,14,15,16,17,18). The van der Waals surface area contributed by atoms with Crippen molar-refractivity contribution in [2.45, 2.75) is 46.6 Å². The Bertz CT molecular complexity index is 374. The molecule has 1 rings (SSSR count). The van der Waals surface area contributed by atoms with E-state index in [1.807, 2.05) is 0 Å². The van der Waals surface area contributed by atoms with Gasteiger partial charge in [-0.1, -0.05) is 13.8 Å². The number of nitrogen functional groups attached to an aromatic ring is 1. The summed E-state index contributed by atoms with van der Waals surface area (Å²) in [6.45, 7) is 10.1. The average molecular weight is 267 g/mol. The molecule has 1 aromatic heterocycles. The Morgan fingerprint density at radius 1 is 1.00 bits per heavy atom. The maximum absolute atomic E-state index is 5.42. The van der Waals surface area contributed by atoms with Crippen molar-refractivity contribution in [3.05, 3.63) is 0 Å². The van der Waals surface area contributed by atoms with E-state index in [2.05, 4.69) is 58.3 Å². The van der Waals surface area contributed by atoms with Gasteiger partial charge >= 0.3 is 0 Å². The summed E-state index contributed by atoms with van der Waals surface area (Å²) in [4.78, 5) is 15.0. The summed E-state index contributed by atoms with van der Waals surface area (Å²) >= 11 is 0. The van der Waals surface area contributed by atoms with E-state index < -0.39 is 0 Å². The molecule has 0 amide bonds. The second-order valence-electron chi connectivity index (χ2n) is 4.26. The van der Waals surface area contributed by atoms with Crippen LogP contribution in [-0.2, 0) is 0 Å². The van der Waals surface area contributed by atoms with Gasteiger partial charge in [-0.05, 0) is 26.7 Å². The molecule has 0 saturated heterocycles. The normalized spacial score (nSPS) is 10.6. The number of nitrogens with zero attached hydrogens (tertiary/aromatic N) is 4. The highest BCUT2D eigenvalue weighted by Crippen LogP contribution is 2.14. The number of hydrazine groups is 1. The van der Waals surface area contributed by atoms with Crippen LogP contribution in [0.4, 0.5) is 17.8 Å². The summed E-state index contributed by atoms with van der Waals surface area (Å²) in [5.74, 6) is 7.01. The largest absolute Gasteiger partial charge is 0.351 e. The first-order valence-electron chi connectivity index (χ1n) is 6.92. The SMILES string of the molecule is CCC(CC)Nc1nc(NN)nc(N(CC)CC)n1. The van der Waals surface area contributed by atoms with Crippen molar-refractivity contribution < 1.29 is 0 Å². The predicted octanol–water partition coefficient (Wildman–Crippen LogP) is 1.60. The highest BCUT2D eigenvalue weighted by molar-refractivity contribution is 5.43. The first-order chi connectivity index (χ1) is 9.18. The zero-order chi connectivity index (χ0) is 14.3. The Kier molecular flexibility index (Phi) is 6.27. The van der Waals surface area contributed by atoms with Gasteiger partial charge in [-0.2, -0.15) is 15.0 Å². The molecule has 7 nitrogen and oxygen atoms in total. The number of anilines is 3. The van der Waals surface area contributed by atoms with E-state index in [0.29, 0.717) is 23.9 Å². The Hall–Kier alpha value is -1.63. The molecule has 0 aliphatic carbocycles. The zero-order valence-electron chi connectivity index (χ0n) is 12.3. The van der Waals surface area contributed by atoms with Crippen LogP contribution in [-0.4, -0.2) is 34.1 Å². The van der Waals surface area contributed by atoms with E-state index >= 15 is 0 Å². The Morgan fingerprint density at radius 2 is 1.58 bits per heavy atom. The van der Waals surface area contributed by atoms with Crippen LogP contribution in [0.3, 0.4) is 0 Å². The minimum absolute atomic E-state index is 0.359. The highest BCUT2D eigenvalue weighted by atomic mass is 15.4. The van der Waals surface area contributed by atoms with E-state index in [0.717, 1.165) is 25.9 Å². The topological polar surface area (TPSA) is 92.0 Å². The van der Waals surface area contributed by atoms with Gasteiger partial charge in [0.1, 0.15) is 0 Å². The van der Waals surface area contributed by atoms with Crippen molar-refractivity contribution in [2.75, 3.05) is 28.7 Å². The van der Waals surface area contributed by atoms with Crippen LogP contribution in [0.25, 0.3) is 0 Å². The monoisotopic (exact) mass is 267 g/mol. The van der Waals surface area contributed by atoms with Crippen molar-refractivity contribution in [3.8, 4) is 0 Å². The number of rotatable bonds is 8. The molecule has 7 heteroatoms. The first kappa shape index (κ1) is 15.4. The lowest BCUT2D eigenvalue weighted by atomic mass is 10.2. The number of hydrogen-bond donors (Lipinski definition) is 3. The van der Waals surface area contributed by atoms with Gasteiger partial charge in [0.2, 0.25) is 17.8 Å². The quantitative estimate of drug-likeness (QED) is 0.486. The van der Waals surface area contributed by atoms with Gasteiger partial charge in [-0.3, -0.25) is 5.43 Å². The average Bonchev–Trinajstić information content (AvgIpc) is 2.45. The molecule has 0 unspecified atom stereocenters. The van der Waals surface area contributed by atoms with Crippen LogP contribution in [0.15, 0.2) is 0 Å². The second kappa shape index (κ2) is 7.73. The molecule has 1 aromatic rings. The van der Waals surface area contributed by atoms with Gasteiger partial charge in [0.05, 0.1) is 0 Å². The summed E-state index contributed by atoms with van der Waals surface area (Å²) in [5, 5.41) is 3.31. The lowest BCUT2D eigenvalue weighted by Crippen LogP contribution is -2.27. The summed E-state index contributed by atoms with van der Waals surface area (Å²) in [6.07, 6.45) is 2.04. The molecule has 4 N–H and O–H groups in total. The Labute approximate surface area is 115 Å². The van der Waals surface area contributed by atoms with E-state index in [1.54, 1.807) is 0 Å². The van der Waals surface area contributed by atoms with Crippen LogP contribution in [0.5, 0.6) is 0 Å². The van der Waals surface area contributed by atoms with Crippen LogP contribution >= 0.6 is 0 Å². The highest BCUT2D eigenvalue weighted by Gasteiger charge is 2.12. The van der Waals surface area contributed by atoms with Gasteiger partial charge in [0.25, 0.3) is 0 Å². The van der Waals surface area contributed by atoms with Crippen molar-refractivity contribution >= 4 is 17.8 Å². The van der Waals surface area contributed by atoms with E-state index in [4.69, 9.17) is 5.84 Å². The van der Waals surface area contributed by atoms with Gasteiger partial charge in [-0.25, -0.2) is 5.84 Å². The minimum Gasteiger partial charge on any atom is -0.351 e. The molecule has 0 saturated carbocycles. The van der Waals surface area contributed by atoms with Crippen LogP contribution in [0.1, 0.15) is 40.5 Å². The molecule has 0 radical (unpaired) electrons. The lowest BCUT2D eigenvalue weighted by molar-refractivity contribution is 0.663. The molecule has 19 heavy (non-hydrogen) atoms. The third kappa shape index (κ3) is 4.20. The molecular weight excluding hydrogens is 242 g/mol. The fourth-order valence-electron chi connectivity index (χ4n) is 1.82. The number of nitrogens with one attached hydrogen (secondary N) is 2. The van der Waals surface area contributed by atoms with Crippen molar-refractivity contribution in [1.82, 2.24) is 15.0 Å². The van der Waals surface area contributed by atoms with E-state index in [1.165, 1.54) is 0 Å². The molecule has 0 aromatic carbocycles. The van der Waals surface area contributed by atoms with E-state index in [9.17, 15) is 0 Å². The van der Waals surface area contributed by atoms with Crippen molar-refractivity contribution in [3.63, 3.8) is 0 Å². The van der Waals surface area contributed by atoms with Crippen LogP contribution < -0.4 is 21.5 Å². The molecule has 1 heterocycles. The van der Waals surface area contributed by atoms with Crippen LogP contribution in [0, 0.1) is 0 Å². The first-order valence-corrected chi connectivity index (χ1v) is 6.92. The lowest BCUT2D eigenvalue weighted by Gasteiger charge is -2.21. The molecule has 0 bridgehead atoms. The third-order valence-electron chi connectivity index (χ3n) is 3.12. The smallest absolute Gasteiger partial charge is 0.243 e. The molecule has 108 valence electrons. The fourth-order valence-corrected chi connectivity index (χ4v) is 1.82. The number of nitrogens with two attached hydrogens (primary N) is 1. The van der Waals surface area contributed by atoms with E-state index in [-0.39, 0.29) is 0 Å². The summed E-state index contributed by atoms with van der Waals surface area (Å²) in [5.41, 5.74) is 2.49. The number of hydrogen-bond acceptors (Lipinski definition) is 7. The Balaban J connectivity index is 3.00. The number of aromatic nitrogens is 3. The maximum Gasteiger partial charge on any atom is 0.243 e. The summed E-state index contributed by atoms with van der Waals surface area (Å²) < 4.78 is 0. The van der Waals surface area contributed by atoms with Crippen molar-refractivity contribution in [2.24, 2.45) is 5.84 Å². The zero-order valence-corrected chi connectivity index (χ0v) is 12.3. The molecule has 0 aliphatic heterocycles. The van der Waals surface area contributed by atoms with Gasteiger partial charge in [-0.15, -0.1) is 0 Å². The molecule has 0 atom stereocenters. The van der Waals surface area contributed by atoms with Crippen LogP contribution in [0.2, 0.25) is 0 Å². The summed E-state index contributed by atoms with van der Waals surface area (Å²) in [7, 11) is 0. The molecule has 0 fully saturated rings. The predicted molar refractivity (Wildman–Crippen MR) is 79.2 cm³/mol. The minimum atomic E-state index is 0.359. The molecule has 0 aliphatic rings. The Morgan fingerprint density at radius 3 is 2.05 bits per heavy atom. The van der Waals surface area contributed by atoms with Gasteiger partial charge < -0.3 is 10.2 Å². The van der Waals surface area contributed by atoms with Gasteiger partial charge in [0, 0.05) is 19.1 Å². The fraction of sp³-hybridized carbons (Fsp3) is 0.750.